The minimum Gasteiger partial charge on any atom is -0.457 e. The van der Waals surface area contributed by atoms with Crippen LogP contribution < -0.4 is 4.74 Å². The fourth-order valence-electron chi connectivity index (χ4n) is 3.64. The van der Waals surface area contributed by atoms with Gasteiger partial charge < -0.3 is 9.64 Å². The molecule has 0 unspecified atom stereocenters. The summed E-state index contributed by atoms with van der Waals surface area (Å²) in [6.07, 6.45) is 8.66. The van der Waals surface area contributed by atoms with Crippen molar-refractivity contribution in [2.24, 2.45) is 4.99 Å². The minimum atomic E-state index is 0.732. The van der Waals surface area contributed by atoms with Crippen LogP contribution >= 0.6 is 0 Å². The topological polar surface area (TPSA) is 24.8 Å². The van der Waals surface area contributed by atoms with Crippen molar-refractivity contribution in [2.75, 3.05) is 13.6 Å². The first-order valence-corrected chi connectivity index (χ1v) is 10.2. The molecular formula is C24H32N2O. The zero-order valence-corrected chi connectivity index (χ0v) is 17.2. The lowest BCUT2D eigenvalue weighted by atomic mass is 9.84. The third kappa shape index (κ3) is 5.12. The molecule has 2 aromatic carbocycles. The third-order valence-corrected chi connectivity index (χ3v) is 5.57. The molecule has 0 amide bonds. The standard InChI is InChI=1S/C24H32N2O/c1-5-26(4)17-25-23-15-19(3)24(16-18(23)2)27-22-13-11-21(12-14-22)20-9-7-6-8-10-20/h11-17,20H,5-10H2,1-4H3/b25-17-. The van der Waals surface area contributed by atoms with Gasteiger partial charge in [0.15, 0.2) is 0 Å². The van der Waals surface area contributed by atoms with Crippen LogP contribution in [0, 0.1) is 13.8 Å². The zero-order chi connectivity index (χ0) is 19.2. The van der Waals surface area contributed by atoms with Gasteiger partial charge in [-0.1, -0.05) is 31.4 Å². The Hall–Kier alpha value is -2.29. The van der Waals surface area contributed by atoms with Gasteiger partial charge in [0.25, 0.3) is 0 Å². The van der Waals surface area contributed by atoms with E-state index in [0.29, 0.717) is 0 Å². The average Bonchev–Trinajstić information content (AvgIpc) is 2.70. The highest BCUT2D eigenvalue weighted by atomic mass is 16.5. The maximum absolute atomic E-state index is 6.17. The highest BCUT2D eigenvalue weighted by Gasteiger charge is 2.15. The predicted molar refractivity (Wildman–Crippen MR) is 115 cm³/mol. The minimum absolute atomic E-state index is 0.732. The predicted octanol–water partition coefficient (Wildman–Crippen LogP) is 6.75. The van der Waals surface area contributed by atoms with Crippen molar-refractivity contribution in [3.8, 4) is 11.5 Å². The number of hydrogen-bond acceptors (Lipinski definition) is 2. The highest BCUT2D eigenvalue weighted by Crippen LogP contribution is 2.35. The number of benzene rings is 2. The molecule has 1 aliphatic carbocycles. The molecule has 144 valence electrons. The summed E-state index contributed by atoms with van der Waals surface area (Å²) in [5.41, 5.74) is 4.67. The van der Waals surface area contributed by atoms with Crippen LogP contribution in [0.25, 0.3) is 0 Å². The Morgan fingerprint density at radius 3 is 2.41 bits per heavy atom. The molecule has 3 rings (SSSR count). The van der Waals surface area contributed by atoms with Gasteiger partial charge in [-0.05, 0) is 80.5 Å². The fourth-order valence-corrected chi connectivity index (χ4v) is 3.64. The number of nitrogens with zero attached hydrogens (tertiary/aromatic N) is 2. The van der Waals surface area contributed by atoms with E-state index in [1.165, 1.54) is 37.7 Å². The van der Waals surface area contributed by atoms with Gasteiger partial charge >= 0.3 is 0 Å². The van der Waals surface area contributed by atoms with Crippen LogP contribution in [0.1, 0.15) is 61.6 Å². The summed E-state index contributed by atoms with van der Waals surface area (Å²) in [7, 11) is 2.03. The van der Waals surface area contributed by atoms with Gasteiger partial charge in [0, 0.05) is 13.6 Å². The van der Waals surface area contributed by atoms with Crippen LogP contribution in [0.15, 0.2) is 41.4 Å². The summed E-state index contributed by atoms with van der Waals surface area (Å²) >= 11 is 0. The molecule has 27 heavy (non-hydrogen) atoms. The monoisotopic (exact) mass is 364 g/mol. The summed E-state index contributed by atoms with van der Waals surface area (Å²) in [6.45, 7) is 7.21. The molecule has 0 bridgehead atoms. The Bertz CT molecular complexity index is 774. The van der Waals surface area contributed by atoms with Crippen LogP contribution in [0.4, 0.5) is 5.69 Å². The molecule has 1 fully saturated rings. The second-order valence-corrected chi connectivity index (χ2v) is 7.73. The van der Waals surface area contributed by atoms with Crippen LogP contribution in [0.3, 0.4) is 0 Å². The quantitative estimate of drug-likeness (QED) is 0.418. The number of rotatable bonds is 6. The van der Waals surface area contributed by atoms with Crippen LogP contribution in [0.2, 0.25) is 0 Å². The summed E-state index contributed by atoms with van der Waals surface area (Å²) < 4.78 is 6.17. The van der Waals surface area contributed by atoms with Gasteiger partial charge in [-0.25, -0.2) is 4.99 Å². The molecule has 3 nitrogen and oxygen atoms in total. The van der Waals surface area contributed by atoms with Crippen molar-refractivity contribution < 1.29 is 4.74 Å². The van der Waals surface area contributed by atoms with E-state index in [9.17, 15) is 0 Å². The molecule has 0 N–H and O–H groups in total. The van der Waals surface area contributed by atoms with Gasteiger partial charge in [-0.3, -0.25) is 0 Å². The molecular weight excluding hydrogens is 332 g/mol. The molecule has 0 heterocycles. The Labute approximate surface area is 164 Å². The van der Waals surface area contributed by atoms with Gasteiger partial charge in [0.05, 0.1) is 12.0 Å². The van der Waals surface area contributed by atoms with Crippen molar-refractivity contribution in [2.45, 2.75) is 58.8 Å². The molecule has 3 heteroatoms. The van der Waals surface area contributed by atoms with E-state index >= 15 is 0 Å². The summed E-state index contributed by atoms with van der Waals surface area (Å²) in [4.78, 5) is 6.66. The lowest BCUT2D eigenvalue weighted by Crippen LogP contribution is -2.14. The second-order valence-electron chi connectivity index (χ2n) is 7.73. The fraction of sp³-hybridized carbons (Fsp3) is 0.458. The maximum atomic E-state index is 6.17. The van der Waals surface area contributed by atoms with E-state index in [1.54, 1.807) is 0 Å². The normalized spacial score (nSPS) is 15.3. The van der Waals surface area contributed by atoms with E-state index in [0.717, 1.165) is 40.8 Å². The molecule has 0 radical (unpaired) electrons. The zero-order valence-electron chi connectivity index (χ0n) is 17.2. The Kier molecular flexibility index (Phi) is 6.54. The van der Waals surface area contributed by atoms with Crippen molar-refractivity contribution in [3.05, 3.63) is 53.1 Å². The number of ether oxygens (including phenoxy) is 1. The highest BCUT2D eigenvalue weighted by molar-refractivity contribution is 5.64. The molecule has 2 aromatic rings. The Morgan fingerprint density at radius 1 is 1.04 bits per heavy atom. The largest absolute Gasteiger partial charge is 0.457 e. The van der Waals surface area contributed by atoms with Crippen LogP contribution in [0.5, 0.6) is 11.5 Å². The third-order valence-electron chi connectivity index (χ3n) is 5.57. The molecule has 0 atom stereocenters. The van der Waals surface area contributed by atoms with Gasteiger partial charge in [-0.15, -0.1) is 0 Å². The van der Waals surface area contributed by atoms with E-state index in [2.05, 4.69) is 67.1 Å². The molecule has 0 spiro atoms. The van der Waals surface area contributed by atoms with Crippen molar-refractivity contribution >= 4 is 12.0 Å². The van der Waals surface area contributed by atoms with Crippen LogP contribution in [-0.2, 0) is 0 Å². The van der Waals surface area contributed by atoms with Gasteiger partial charge in [0.2, 0.25) is 0 Å². The number of hydrogen-bond donors (Lipinski definition) is 0. The number of aryl methyl sites for hydroxylation is 2. The first kappa shape index (κ1) is 19.5. The van der Waals surface area contributed by atoms with E-state index < -0.39 is 0 Å². The van der Waals surface area contributed by atoms with Gasteiger partial charge in [-0.2, -0.15) is 0 Å². The smallest absolute Gasteiger partial charge is 0.130 e. The SMILES string of the molecule is CCN(C)/C=N\c1cc(C)c(Oc2ccc(C3CCCCC3)cc2)cc1C. The van der Waals surface area contributed by atoms with Crippen molar-refractivity contribution in [3.63, 3.8) is 0 Å². The number of aliphatic imine (C=N–C) groups is 1. The molecule has 0 aromatic heterocycles. The molecule has 0 saturated heterocycles. The Morgan fingerprint density at radius 2 is 1.74 bits per heavy atom. The first-order chi connectivity index (χ1) is 13.1. The van der Waals surface area contributed by atoms with E-state index in [1.807, 2.05) is 13.4 Å². The summed E-state index contributed by atoms with van der Waals surface area (Å²) in [6, 6.07) is 12.9. The molecule has 0 aliphatic heterocycles. The van der Waals surface area contributed by atoms with Crippen molar-refractivity contribution in [1.82, 2.24) is 4.90 Å². The van der Waals surface area contributed by atoms with Crippen molar-refractivity contribution in [1.29, 1.82) is 0 Å². The first-order valence-electron chi connectivity index (χ1n) is 10.2. The lowest BCUT2D eigenvalue weighted by Gasteiger charge is -2.22. The van der Waals surface area contributed by atoms with Gasteiger partial charge in [0.1, 0.15) is 11.5 Å². The molecule has 1 saturated carbocycles. The molecule has 1 aliphatic rings. The summed E-state index contributed by atoms with van der Waals surface area (Å²) in [5.74, 6) is 2.54. The lowest BCUT2D eigenvalue weighted by molar-refractivity contribution is 0.442. The second kappa shape index (κ2) is 9.07. The van der Waals surface area contributed by atoms with E-state index in [-0.39, 0.29) is 0 Å². The maximum Gasteiger partial charge on any atom is 0.130 e. The Balaban J connectivity index is 1.71. The van der Waals surface area contributed by atoms with Crippen LogP contribution in [-0.4, -0.2) is 24.8 Å². The van der Waals surface area contributed by atoms with E-state index in [4.69, 9.17) is 4.74 Å². The summed E-state index contributed by atoms with van der Waals surface area (Å²) in [5, 5.41) is 0. The average molecular weight is 365 g/mol.